The molecule has 2 aromatic carbocycles. The van der Waals surface area contributed by atoms with E-state index in [-0.39, 0.29) is 42.3 Å². The van der Waals surface area contributed by atoms with Gasteiger partial charge in [-0.3, -0.25) is 9.59 Å². The standard InChI is InChI=1S/C24H29N3O5S2/c1-16-5-4-6-17(2)23(16)25-22(28)14-27-20-13-19(34(30,31)26-9-11-32-12-10-26)7-8-21(20)33-15-18(3)24(27)29/h4-8,13,18H,9-12,14-15H2,1-3H3,(H,25,28). The van der Waals surface area contributed by atoms with Gasteiger partial charge in [-0.1, -0.05) is 25.1 Å². The van der Waals surface area contributed by atoms with Gasteiger partial charge in [0.15, 0.2) is 0 Å². The third kappa shape index (κ3) is 5.00. The number of nitrogens with one attached hydrogen (secondary N) is 1. The molecule has 10 heteroatoms. The minimum atomic E-state index is -3.74. The lowest BCUT2D eigenvalue weighted by Crippen LogP contribution is -2.42. The Bertz CT molecular complexity index is 1190. The molecule has 1 fully saturated rings. The van der Waals surface area contributed by atoms with Crippen molar-refractivity contribution >= 4 is 45.0 Å². The Morgan fingerprint density at radius 1 is 1.15 bits per heavy atom. The van der Waals surface area contributed by atoms with Crippen LogP contribution in [0.1, 0.15) is 18.1 Å². The number of ether oxygens (including phenoxy) is 1. The predicted octanol–water partition coefficient (Wildman–Crippen LogP) is 3.04. The van der Waals surface area contributed by atoms with E-state index >= 15 is 0 Å². The molecule has 8 nitrogen and oxygen atoms in total. The Morgan fingerprint density at radius 3 is 2.50 bits per heavy atom. The number of carbonyl (C=O) groups excluding carboxylic acids is 2. The van der Waals surface area contributed by atoms with E-state index in [1.807, 2.05) is 39.0 Å². The average Bonchev–Trinajstić information content (AvgIpc) is 2.94. The molecule has 2 amide bonds. The van der Waals surface area contributed by atoms with Gasteiger partial charge < -0.3 is 15.0 Å². The second-order valence-corrected chi connectivity index (χ2v) is 11.6. The fourth-order valence-corrected chi connectivity index (χ4v) is 6.58. The number of thioether (sulfide) groups is 1. The van der Waals surface area contributed by atoms with Crippen molar-refractivity contribution in [2.75, 3.05) is 48.8 Å². The van der Waals surface area contributed by atoms with Gasteiger partial charge in [0, 0.05) is 35.3 Å². The van der Waals surface area contributed by atoms with Gasteiger partial charge in [0.25, 0.3) is 0 Å². The Hall–Kier alpha value is -2.40. The summed E-state index contributed by atoms with van der Waals surface area (Å²) in [5, 5.41) is 2.93. The normalized spacial score (nSPS) is 19.4. The van der Waals surface area contributed by atoms with E-state index in [0.717, 1.165) is 21.7 Å². The third-order valence-corrected chi connectivity index (χ3v) is 9.27. The van der Waals surface area contributed by atoms with Crippen molar-refractivity contribution < 1.29 is 22.7 Å². The number of carbonyl (C=O) groups is 2. The highest BCUT2D eigenvalue weighted by Crippen LogP contribution is 2.38. The number of hydrogen-bond donors (Lipinski definition) is 1. The monoisotopic (exact) mass is 503 g/mol. The van der Waals surface area contributed by atoms with Crippen molar-refractivity contribution in [3.8, 4) is 0 Å². The number of para-hydroxylation sites is 1. The van der Waals surface area contributed by atoms with Crippen LogP contribution in [0.2, 0.25) is 0 Å². The van der Waals surface area contributed by atoms with Crippen LogP contribution in [0.3, 0.4) is 0 Å². The topological polar surface area (TPSA) is 96.0 Å². The smallest absolute Gasteiger partial charge is 0.244 e. The Kier molecular flexibility index (Phi) is 7.32. The van der Waals surface area contributed by atoms with Gasteiger partial charge in [0.2, 0.25) is 21.8 Å². The summed E-state index contributed by atoms with van der Waals surface area (Å²) in [5.41, 5.74) is 3.03. The van der Waals surface area contributed by atoms with Crippen LogP contribution in [-0.2, 0) is 24.3 Å². The molecule has 0 radical (unpaired) electrons. The molecular weight excluding hydrogens is 474 g/mol. The second-order valence-electron chi connectivity index (χ2n) is 8.60. The summed E-state index contributed by atoms with van der Waals surface area (Å²) in [6.45, 7) is 6.71. The number of hydrogen-bond acceptors (Lipinski definition) is 6. The molecule has 2 aliphatic rings. The first kappa shape index (κ1) is 24.7. The molecule has 0 aliphatic carbocycles. The van der Waals surface area contributed by atoms with Gasteiger partial charge in [-0.05, 0) is 43.2 Å². The second kappa shape index (κ2) is 10.1. The van der Waals surface area contributed by atoms with E-state index in [9.17, 15) is 18.0 Å². The molecule has 1 saturated heterocycles. The number of anilines is 2. The maximum atomic E-state index is 13.2. The molecule has 2 aliphatic heterocycles. The zero-order chi connectivity index (χ0) is 24.5. The number of rotatable bonds is 5. The quantitative estimate of drug-likeness (QED) is 0.674. The van der Waals surface area contributed by atoms with E-state index < -0.39 is 10.0 Å². The van der Waals surface area contributed by atoms with Crippen LogP contribution in [-0.4, -0.2) is 63.1 Å². The predicted molar refractivity (Wildman–Crippen MR) is 133 cm³/mol. The summed E-state index contributed by atoms with van der Waals surface area (Å²) in [5.74, 6) is -0.304. The van der Waals surface area contributed by atoms with Crippen LogP contribution in [0, 0.1) is 19.8 Å². The molecule has 0 bridgehead atoms. The SMILES string of the molecule is Cc1cccc(C)c1NC(=O)CN1C(=O)C(C)CSc2ccc(S(=O)(=O)N3CCOCC3)cc21. The Labute approximate surface area is 204 Å². The third-order valence-electron chi connectivity index (χ3n) is 6.05. The van der Waals surface area contributed by atoms with Crippen LogP contribution < -0.4 is 10.2 Å². The van der Waals surface area contributed by atoms with E-state index in [1.165, 1.54) is 27.0 Å². The molecule has 0 aromatic heterocycles. The maximum Gasteiger partial charge on any atom is 0.244 e. The summed E-state index contributed by atoms with van der Waals surface area (Å²) in [4.78, 5) is 28.6. The number of sulfonamides is 1. The van der Waals surface area contributed by atoms with Crippen LogP contribution in [0.25, 0.3) is 0 Å². The molecule has 2 aromatic rings. The lowest BCUT2D eigenvalue weighted by atomic mass is 10.1. The Balaban J connectivity index is 1.66. The number of aryl methyl sites for hydroxylation is 2. The molecular formula is C24H29N3O5S2. The number of benzene rings is 2. The van der Waals surface area contributed by atoms with Crippen molar-refractivity contribution in [2.24, 2.45) is 5.92 Å². The first-order valence-corrected chi connectivity index (χ1v) is 13.6. The van der Waals surface area contributed by atoms with E-state index in [4.69, 9.17) is 4.74 Å². The van der Waals surface area contributed by atoms with Gasteiger partial charge >= 0.3 is 0 Å². The molecule has 2 heterocycles. The molecule has 4 rings (SSSR count). The minimum absolute atomic E-state index is 0.108. The number of fused-ring (bicyclic) bond motifs is 1. The Morgan fingerprint density at radius 2 is 1.82 bits per heavy atom. The number of morpholine rings is 1. The maximum absolute atomic E-state index is 13.2. The summed E-state index contributed by atoms with van der Waals surface area (Å²) >= 11 is 1.49. The molecule has 0 saturated carbocycles. The van der Waals surface area contributed by atoms with Crippen LogP contribution >= 0.6 is 11.8 Å². The van der Waals surface area contributed by atoms with Gasteiger partial charge in [0.05, 0.1) is 23.8 Å². The van der Waals surface area contributed by atoms with Crippen molar-refractivity contribution in [3.63, 3.8) is 0 Å². The van der Waals surface area contributed by atoms with Crippen LogP contribution in [0.5, 0.6) is 0 Å². The van der Waals surface area contributed by atoms with Crippen molar-refractivity contribution in [1.29, 1.82) is 0 Å². The number of nitrogens with zero attached hydrogens (tertiary/aromatic N) is 2. The highest BCUT2D eigenvalue weighted by atomic mass is 32.2. The minimum Gasteiger partial charge on any atom is -0.379 e. The highest BCUT2D eigenvalue weighted by molar-refractivity contribution is 7.99. The first-order chi connectivity index (χ1) is 16.2. The lowest BCUT2D eigenvalue weighted by Gasteiger charge is -2.28. The molecule has 1 atom stereocenters. The van der Waals surface area contributed by atoms with E-state index in [2.05, 4.69) is 5.32 Å². The first-order valence-electron chi connectivity index (χ1n) is 11.2. The van der Waals surface area contributed by atoms with Gasteiger partial charge in [-0.25, -0.2) is 8.42 Å². The van der Waals surface area contributed by atoms with Crippen molar-refractivity contribution in [3.05, 3.63) is 47.5 Å². The lowest BCUT2D eigenvalue weighted by molar-refractivity contribution is -0.123. The molecule has 1 unspecified atom stereocenters. The molecule has 0 spiro atoms. The van der Waals surface area contributed by atoms with Crippen LogP contribution in [0.4, 0.5) is 11.4 Å². The largest absolute Gasteiger partial charge is 0.379 e. The van der Waals surface area contributed by atoms with Crippen molar-refractivity contribution in [1.82, 2.24) is 4.31 Å². The fourth-order valence-electron chi connectivity index (χ4n) is 4.09. The highest BCUT2D eigenvalue weighted by Gasteiger charge is 2.33. The summed E-state index contributed by atoms with van der Waals surface area (Å²) < 4.78 is 33.1. The van der Waals surface area contributed by atoms with Gasteiger partial charge in [0.1, 0.15) is 6.54 Å². The molecule has 1 N–H and O–H groups in total. The summed E-state index contributed by atoms with van der Waals surface area (Å²) in [6.07, 6.45) is 0. The zero-order valence-corrected chi connectivity index (χ0v) is 21.2. The number of amides is 2. The molecule has 34 heavy (non-hydrogen) atoms. The zero-order valence-electron chi connectivity index (χ0n) is 19.5. The molecule has 182 valence electrons. The summed E-state index contributed by atoms with van der Waals surface area (Å²) in [6, 6.07) is 10.6. The van der Waals surface area contributed by atoms with Gasteiger partial charge in [-0.2, -0.15) is 4.31 Å². The van der Waals surface area contributed by atoms with Crippen LogP contribution in [0.15, 0.2) is 46.2 Å². The summed E-state index contributed by atoms with van der Waals surface area (Å²) in [7, 11) is -3.74. The fraction of sp³-hybridized carbons (Fsp3) is 0.417. The van der Waals surface area contributed by atoms with E-state index in [0.29, 0.717) is 24.7 Å². The van der Waals surface area contributed by atoms with Gasteiger partial charge in [-0.15, -0.1) is 11.8 Å². The van der Waals surface area contributed by atoms with Crippen molar-refractivity contribution in [2.45, 2.75) is 30.6 Å². The average molecular weight is 504 g/mol. The van der Waals surface area contributed by atoms with E-state index in [1.54, 1.807) is 12.1 Å².